The molecule has 1 fully saturated rings. The minimum absolute atomic E-state index is 0.0324. The number of imidazole rings is 1. The highest BCUT2D eigenvalue weighted by molar-refractivity contribution is 6.28. The van der Waals surface area contributed by atoms with E-state index < -0.39 is 48.3 Å². The Morgan fingerprint density at radius 1 is 1.23 bits per heavy atom. The zero-order valence-corrected chi connectivity index (χ0v) is 22.8. The zero-order valence-electron chi connectivity index (χ0n) is 22.0. The van der Waals surface area contributed by atoms with E-state index in [2.05, 4.69) is 30.4 Å². The van der Waals surface area contributed by atoms with Crippen molar-refractivity contribution in [1.29, 1.82) is 0 Å². The van der Waals surface area contributed by atoms with Gasteiger partial charge in [-0.2, -0.15) is 14.8 Å². The predicted octanol–water partition coefficient (Wildman–Crippen LogP) is 0.776. The van der Waals surface area contributed by atoms with Gasteiger partial charge in [-0.3, -0.25) is 4.57 Å². The third kappa shape index (κ3) is 4.65. The Labute approximate surface area is 232 Å². The third-order valence-corrected chi connectivity index (χ3v) is 7.21. The van der Waals surface area contributed by atoms with Gasteiger partial charge < -0.3 is 30.5 Å². The van der Waals surface area contributed by atoms with E-state index in [4.69, 9.17) is 26.8 Å². The molecule has 0 saturated carbocycles. The summed E-state index contributed by atoms with van der Waals surface area (Å²) in [6.07, 6.45) is -3.85. The van der Waals surface area contributed by atoms with Crippen molar-refractivity contribution in [1.82, 2.24) is 39.7 Å². The van der Waals surface area contributed by atoms with E-state index in [0.29, 0.717) is 0 Å². The summed E-state index contributed by atoms with van der Waals surface area (Å²) in [4.78, 5) is 25.7. The molecule has 5 atom stereocenters. The van der Waals surface area contributed by atoms with E-state index >= 15 is 0 Å². The zero-order chi connectivity index (χ0) is 29.0. The molecule has 5 rings (SSSR count). The molecule has 1 aliphatic heterocycles. The van der Waals surface area contributed by atoms with Gasteiger partial charge in [0.2, 0.25) is 16.7 Å². The number of carboxylic acid groups (broad SMARTS) is 1. The number of benzene rings is 1. The number of carboxylic acids is 1. The molecule has 1 aliphatic rings. The van der Waals surface area contributed by atoms with E-state index in [1.165, 1.54) is 22.6 Å². The minimum atomic E-state index is -2.05. The molecule has 15 nitrogen and oxygen atoms in total. The summed E-state index contributed by atoms with van der Waals surface area (Å²) in [7, 11) is 0. The SMILES string of the molecule is Cc1cccc(C(C)(C)n2nnc(C(C)(OC[C@H]3O[C@@H](n4cnc5c(N)nc(Cl)nc54)[C@H](O)[C@H]3O)C(=O)O)n2)c1. The van der Waals surface area contributed by atoms with Crippen molar-refractivity contribution in [3.8, 4) is 0 Å². The molecule has 4 aromatic rings. The van der Waals surface area contributed by atoms with Gasteiger partial charge in [0.1, 0.15) is 29.4 Å². The van der Waals surface area contributed by atoms with Crippen LogP contribution in [0.1, 0.15) is 44.0 Å². The molecule has 40 heavy (non-hydrogen) atoms. The molecule has 0 bridgehead atoms. The maximum absolute atomic E-state index is 12.4. The van der Waals surface area contributed by atoms with Crippen LogP contribution in [0.3, 0.4) is 0 Å². The number of anilines is 1. The Morgan fingerprint density at radius 2 is 1.98 bits per heavy atom. The molecule has 4 heterocycles. The standard InChI is InChI=1S/C24H28ClN9O6/c1-11-6-5-7-12(8-11)23(2,3)34-31-20(30-32-34)24(4,21(37)38)39-9-13-15(35)16(36)19(40-13)33-10-27-14-17(26)28-22(25)29-18(14)33/h5-8,10,13,15-16,19,35-36H,9H2,1-4H3,(H,37,38)(H2,26,28,29)/t13-,15+,16-,19-,24?/m1/s1. The summed E-state index contributed by atoms with van der Waals surface area (Å²) in [5.41, 5.74) is 5.41. The number of aliphatic carboxylic acids is 1. The van der Waals surface area contributed by atoms with E-state index in [0.717, 1.165) is 11.1 Å². The van der Waals surface area contributed by atoms with Gasteiger partial charge in [-0.1, -0.05) is 29.8 Å². The van der Waals surface area contributed by atoms with Crippen LogP contribution >= 0.6 is 11.6 Å². The highest BCUT2D eigenvalue weighted by Crippen LogP contribution is 2.34. The molecule has 5 N–H and O–H groups in total. The largest absolute Gasteiger partial charge is 0.479 e. The van der Waals surface area contributed by atoms with E-state index in [1.54, 1.807) is 0 Å². The van der Waals surface area contributed by atoms with Crippen LogP contribution in [0, 0.1) is 6.92 Å². The van der Waals surface area contributed by atoms with Crippen LogP contribution in [-0.4, -0.2) is 85.9 Å². The first-order valence-electron chi connectivity index (χ1n) is 12.3. The molecule has 0 aliphatic carbocycles. The number of fused-ring (bicyclic) bond motifs is 1. The van der Waals surface area contributed by atoms with Crippen molar-refractivity contribution >= 4 is 34.6 Å². The number of rotatable bonds is 8. The number of carbonyl (C=O) groups is 1. The molecule has 1 aromatic carbocycles. The number of aryl methyl sites for hydroxylation is 1. The van der Waals surface area contributed by atoms with Crippen LogP contribution in [0.25, 0.3) is 11.2 Å². The quantitative estimate of drug-likeness (QED) is 0.215. The maximum Gasteiger partial charge on any atom is 0.343 e. The van der Waals surface area contributed by atoms with Gasteiger partial charge in [0, 0.05) is 0 Å². The monoisotopic (exact) mass is 573 g/mol. The predicted molar refractivity (Wildman–Crippen MR) is 139 cm³/mol. The van der Waals surface area contributed by atoms with Gasteiger partial charge in [-0.05, 0) is 50.1 Å². The molecule has 212 valence electrons. The summed E-state index contributed by atoms with van der Waals surface area (Å²) in [6.45, 7) is 6.56. The Morgan fingerprint density at radius 3 is 2.67 bits per heavy atom. The van der Waals surface area contributed by atoms with Crippen molar-refractivity contribution < 1.29 is 29.6 Å². The Kier molecular flexibility index (Phi) is 6.96. The van der Waals surface area contributed by atoms with Crippen molar-refractivity contribution in [3.05, 3.63) is 52.8 Å². The maximum atomic E-state index is 12.4. The minimum Gasteiger partial charge on any atom is -0.479 e. The molecule has 0 spiro atoms. The molecule has 3 aromatic heterocycles. The van der Waals surface area contributed by atoms with Crippen LogP contribution in [0.15, 0.2) is 30.6 Å². The van der Waals surface area contributed by atoms with Crippen LogP contribution in [-0.2, 0) is 25.4 Å². The van der Waals surface area contributed by atoms with E-state index in [9.17, 15) is 20.1 Å². The first kappa shape index (κ1) is 27.8. The highest BCUT2D eigenvalue weighted by Gasteiger charge is 2.48. The number of tetrazole rings is 1. The molecular formula is C24H28ClN9O6. The molecular weight excluding hydrogens is 546 g/mol. The van der Waals surface area contributed by atoms with E-state index in [1.807, 2.05) is 45.0 Å². The smallest absolute Gasteiger partial charge is 0.343 e. The summed E-state index contributed by atoms with van der Waals surface area (Å²) in [5.74, 6) is -1.55. The summed E-state index contributed by atoms with van der Waals surface area (Å²) >= 11 is 5.92. The van der Waals surface area contributed by atoms with Gasteiger partial charge in [-0.15, -0.1) is 10.2 Å². The number of aliphatic hydroxyl groups is 2. The molecule has 1 unspecified atom stereocenters. The fourth-order valence-corrected chi connectivity index (χ4v) is 4.62. The van der Waals surface area contributed by atoms with Crippen LogP contribution in [0.4, 0.5) is 5.82 Å². The van der Waals surface area contributed by atoms with Crippen LogP contribution in [0.2, 0.25) is 5.28 Å². The number of nitrogens with zero attached hydrogens (tertiary/aromatic N) is 8. The number of aromatic nitrogens is 8. The molecule has 0 amide bonds. The summed E-state index contributed by atoms with van der Waals surface area (Å²) < 4.78 is 13.0. The van der Waals surface area contributed by atoms with Gasteiger partial charge in [0.05, 0.1) is 12.9 Å². The fraction of sp³-hybridized carbons (Fsp3) is 0.458. The number of hydrogen-bond donors (Lipinski definition) is 4. The molecule has 0 radical (unpaired) electrons. The lowest BCUT2D eigenvalue weighted by Crippen LogP contribution is -2.42. The second-order valence-corrected chi connectivity index (χ2v) is 10.6. The number of nitrogens with two attached hydrogens (primary N) is 1. The van der Waals surface area contributed by atoms with Gasteiger partial charge in [0.15, 0.2) is 17.7 Å². The van der Waals surface area contributed by atoms with Crippen LogP contribution < -0.4 is 5.73 Å². The second-order valence-electron chi connectivity index (χ2n) is 10.2. The fourth-order valence-electron chi connectivity index (χ4n) is 4.45. The van der Waals surface area contributed by atoms with Gasteiger partial charge in [0.25, 0.3) is 0 Å². The Hall–Kier alpha value is -3.76. The average Bonchev–Trinajstić information content (AvgIpc) is 3.62. The van der Waals surface area contributed by atoms with E-state index in [-0.39, 0.29) is 28.1 Å². The Bertz CT molecular complexity index is 1580. The number of ether oxygens (including phenoxy) is 2. The first-order valence-corrected chi connectivity index (χ1v) is 12.6. The van der Waals surface area contributed by atoms with Crippen molar-refractivity contribution in [3.63, 3.8) is 0 Å². The normalized spacial score (nSPS) is 23.0. The number of nitrogen functional groups attached to an aromatic ring is 1. The second kappa shape index (κ2) is 10.0. The van der Waals surface area contributed by atoms with Crippen molar-refractivity contribution in [2.45, 2.75) is 63.4 Å². The van der Waals surface area contributed by atoms with Crippen LogP contribution in [0.5, 0.6) is 0 Å². The summed E-state index contributed by atoms with van der Waals surface area (Å²) in [5, 5.41) is 43.8. The number of hydrogen-bond acceptors (Lipinski definition) is 12. The third-order valence-electron chi connectivity index (χ3n) is 7.04. The van der Waals surface area contributed by atoms with Gasteiger partial charge in [-0.25, -0.2) is 9.78 Å². The average molecular weight is 574 g/mol. The summed E-state index contributed by atoms with van der Waals surface area (Å²) in [6, 6.07) is 7.77. The lowest BCUT2D eigenvalue weighted by molar-refractivity contribution is -0.174. The van der Waals surface area contributed by atoms with Crippen molar-refractivity contribution in [2.24, 2.45) is 0 Å². The highest BCUT2D eigenvalue weighted by atomic mass is 35.5. The number of aliphatic hydroxyl groups excluding tert-OH is 2. The number of halogens is 1. The van der Waals surface area contributed by atoms with Crippen molar-refractivity contribution in [2.75, 3.05) is 12.3 Å². The lowest BCUT2D eigenvalue weighted by Gasteiger charge is -2.26. The van der Waals surface area contributed by atoms with Gasteiger partial charge >= 0.3 is 5.97 Å². The molecule has 16 heteroatoms. The molecule has 1 saturated heterocycles. The topological polar surface area (TPSA) is 209 Å². The first-order chi connectivity index (χ1) is 18.8. The lowest BCUT2D eigenvalue weighted by atomic mass is 9.94. The Balaban J connectivity index is 1.36.